The first-order chi connectivity index (χ1) is 7.00. The fourth-order valence-electron chi connectivity index (χ4n) is 1.63. The van der Waals surface area contributed by atoms with Crippen LogP contribution in [0, 0.1) is 5.41 Å². The van der Waals surface area contributed by atoms with Crippen LogP contribution in [-0.2, 0) is 4.79 Å². The van der Waals surface area contributed by atoms with Gasteiger partial charge in [-0.1, -0.05) is 22.0 Å². The Labute approximate surface area is 97.8 Å². The molecule has 0 N–H and O–H groups in total. The van der Waals surface area contributed by atoms with Crippen LogP contribution in [0.2, 0.25) is 0 Å². The van der Waals surface area contributed by atoms with Gasteiger partial charge in [0.15, 0.2) is 0 Å². The first-order valence-corrected chi connectivity index (χ1v) is 5.75. The number of ketones is 1. The number of Topliss-reactive ketones (excluding diaryl/α,β-unsaturated/α-hetero) is 1. The number of hydrogen-bond acceptors (Lipinski definition) is 2. The lowest BCUT2D eigenvalue weighted by Crippen LogP contribution is -2.52. The second-order valence-corrected chi connectivity index (χ2v) is 5.33. The molecule has 1 fully saturated rings. The summed E-state index contributed by atoms with van der Waals surface area (Å²) in [5, 5.41) is 0. The maximum Gasteiger partial charge on any atom is 0.145 e. The van der Waals surface area contributed by atoms with Crippen LogP contribution in [0.25, 0.3) is 0 Å². The van der Waals surface area contributed by atoms with E-state index in [1.165, 1.54) is 0 Å². The number of carbonyl (C=O) groups excluding carboxylic acids is 1. The highest BCUT2D eigenvalue weighted by molar-refractivity contribution is 9.10. The van der Waals surface area contributed by atoms with Crippen molar-refractivity contribution in [3.05, 3.63) is 28.7 Å². The lowest BCUT2D eigenvalue weighted by molar-refractivity contribution is -0.148. The van der Waals surface area contributed by atoms with E-state index in [1.807, 2.05) is 38.1 Å². The van der Waals surface area contributed by atoms with E-state index in [9.17, 15) is 4.79 Å². The van der Waals surface area contributed by atoms with Crippen molar-refractivity contribution in [3.63, 3.8) is 0 Å². The highest BCUT2D eigenvalue weighted by Crippen LogP contribution is 2.39. The molecule has 0 aromatic heterocycles. The zero-order valence-electron chi connectivity index (χ0n) is 8.79. The van der Waals surface area contributed by atoms with Crippen molar-refractivity contribution in [3.8, 4) is 5.75 Å². The molecule has 0 spiro atoms. The standard InChI is InChI=1S/C12H13BrO2/c1-12(2)10(14)7-11(12)15-9-5-3-4-8(13)6-9/h3-6,11H,7H2,1-2H3. The molecule has 1 aliphatic rings. The predicted octanol–water partition coefficient (Wildman–Crippen LogP) is 3.20. The van der Waals surface area contributed by atoms with Gasteiger partial charge in [0.2, 0.25) is 0 Å². The summed E-state index contributed by atoms with van der Waals surface area (Å²) in [6.45, 7) is 3.86. The van der Waals surface area contributed by atoms with Gasteiger partial charge < -0.3 is 4.74 Å². The van der Waals surface area contributed by atoms with Gasteiger partial charge in [-0.05, 0) is 32.0 Å². The van der Waals surface area contributed by atoms with Crippen LogP contribution in [0.4, 0.5) is 0 Å². The monoisotopic (exact) mass is 268 g/mol. The lowest BCUT2D eigenvalue weighted by atomic mass is 9.68. The molecule has 0 bridgehead atoms. The Morgan fingerprint density at radius 2 is 2.20 bits per heavy atom. The van der Waals surface area contributed by atoms with E-state index in [4.69, 9.17) is 4.74 Å². The van der Waals surface area contributed by atoms with Gasteiger partial charge in [-0.25, -0.2) is 0 Å². The molecule has 1 aromatic rings. The minimum atomic E-state index is -0.331. The molecule has 0 heterocycles. The average molecular weight is 269 g/mol. The van der Waals surface area contributed by atoms with Crippen LogP contribution in [0.5, 0.6) is 5.75 Å². The summed E-state index contributed by atoms with van der Waals surface area (Å²) >= 11 is 3.39. The largest absolute Gasteiger partial charge is 0.489 e. The summed E-state index contributed by atoms with van der Waals surface area (Å²) in [5.41, 5.74) is -0.331. The zero-order valence-corrected chi connectivity index (χ0v) is 10.4. The van der Waals surface area contributed by atoms with Crippen LogP contribution in [0.15, 0.2) is 28.7 Å². The zero-order chi connectivity index (χ0) is 11.1. The Kier molecular flexibility index (Phi) is 2.59. The van der Waals surface area contributed by atoms with Crippen molar-refractivity contribution in [2.75, 3.05) is 0 Å². The Hall–Kier alpha value is -0.830. The van der Waals surface area contributed by atoms with Crippen molar-refractivity contribution >= 4 is 21.7 Å². The molecule has 1 atom stereocenters. The maximum absolute atomic E-state index is 11.3. The maximum atomic E-state index is 11.3. The fraction of sp³-hybridized carbons (Fsp3) is 0.417. The molecule has 1 aliphatic carbocycles. The Balaban J connectivity index is 2.08. The fourth-order valence-corrected chi connectivity index (χ4v) is 2.01. The molecule has 1 unspecified atom stereocenters. The Bertz CT molecular complexity index is 398. The van der Waals surface area contributed by atoms with Gasteiger partial charge in [0.25, 0.3) is 0 Å². The molecule has 0 aliphatic heterocycles. The number of rotatable bonds is 2. The van der Waals surface area contributed by atoms with Crippen molar-refractivity contribution in [2.24, 2.45) is 5.41 Å². The van der Waals surface area contributed by atoms with Gasteiger partial charge in [0, 0.05) is 10.9 Å². The number of benzene rings is 1. The van der Waals surface area contributed by atoms with E-state index in [-0.39, 0.29) is 17.3 Å². The van der Waals surface area contributed by atoms with E-state index in [2.05, 4.69) is 15.9 Å². The summed E-state index contributed by atoms with van der Waals surface area (Å²) in [6.07, 6.45) is 0.541. The van der Waals surface area contributed by atoms with Crippen molar-refractivity contribution < 1.29 is 9.53 Å². The second kappa shape index (κ2) is 3.63. The quantitative estimate of drug-likeness (QED) is 0.824. The molecule has 1 aromatic carbocycles. The Morgan fingerprint density at radius 3 is 2.73 bits per heavy atom. The van der Waals surface area contributed by atoms with E-state index >= 15 is 0 Å². The van der Waals surface area contributed by atoms with Gasteiger partial charge in [-0.2, -0.15) is 0 Å². The lowest BCUT2D eigenvalue weighted by Gasteiger charge is -2.41. The highest BCUT2D eigenvalue weighted by Gasteiger charge is 2.49. The molecule has 0 amide bonds. The number of ether oxygens (including phenoxy) is 1. The molecule has 0 saturated heterocycles. The molecule has 15 heavy (non-hydrogen) atoms. The minimum Gasteiger partial charge on any atom is -0.489 e. The second-order valence-electron chi connectivity index (χ2n) is 4.41. The van der Waals surface area contributed by atoms with Crippen molar-refractivity contribution in [2.45, 2.75) is 26.4 Å². The van der Waals surface area contributed by atoms with Crippen LogP contribution in [0.1, 0.15) is 20.3 Å². The summed E-state index contributed by atoms with van der Waals surface area (Å²) in [4.78, 5) is 11.3. The van der Waals surface area contributed by atoms with Gasteiger partial charge in [-0.3, -0.25) is 4.79 Å². The topological polar surface area (TPSA) is 26.3 Å². The summed E-state index contributed by atoms with van der Waals surface area (Å²) in [6, 6.07) is 7.69. The van der Waals surface area contributed by atoms with E-state index < -0.39 is 0 Å². The van der Waals surface area contributed by atoms with Gasteiger partial charge in [-0.15, -0.1) is 0 Å². The Morgan fingerprint density at radius 1 is 1.47 bits per heavy atom. The molecule has 2 nitrogen and oxygen atoms in total. The summed E-state index contributed by atoms with van der Waals surface area (Å²) < 4.78 is 6.76. The van der Waals surface area contributed by atoms with Gasteiger partial charge >= 0.3 is 0 Å². The van der Waals surface area contributed by atoms with E-state index in [0.29, 0.717) is 6.42 Å². The third kappa shape index (κ3) is 1.93. The first-order valence-electron chi connectivity index (χ1n) is 4.95. The molecule has 80 valence electrons. The van der Waals surface area contributed by atoms with Gasteiger partial charge in [0.1, 0.15) is 17.6 Å². The summed E-state index contributed by atoms with van der Waals surface area (Å²) in [7, 11) is 0. The number of halogens is 1. The van der Waals surface area contributed by atoms with Crippen molar-refractivity contribution in [1.29, 1.82) is 0 Å². The van der Waals surface area contributed by atoms with Crippen molar-refractivity contribution in [1.82, 2.24) is 0 Å². The van der Waals surface area contributed by atoms with Crippen LogP contribution < -0.4 is 4.74 Å². The third-order valence-corrected chi connectivity index (χ3v) is 3.46. The minimum absolute atomic E-state index is 0.0132. The van der Waals surface area contributed by atoms with Crippen LogP contribution in [0.3, 0.4) is 0 Å². The average Bonchev–Trinajstić information content (AvgIpc) is 2.17. The molecule has 1 saturated carbocycles. The molecule has 0 radical (unpaired) electrons. The van der Waals surface area contributed by atoms with Gasteiger partial charge in [0.05, 0.1) is 5.41 Å². The molecular weight excluding hydrogens is 256 g/mol. The normalized spacial score (nSPS) is 23.4. The number of hydrogen-bond donors (Lipinski definition) is 0. The predicted molar refractivity (Wildman–Crippen MR) is 62.0 cm³/mol. The SMILES string of the molecule is CC1(C)C(=O)CC1Oc1cccc(Br)c1. The highest BCUT2D eigenvalue weighted by atomic mass is 79.9. The summed E-state index contributed by atoms with van der Waals surface area (Å²) in [5.74, 6) is 1.09. The van der Waals surface area contributed by atoms with E-state index in [0.717, 1.165) is 10.2 Å². The third-order valence-electron chi connectivity index (χ3n) is 2.97. The van der Waals surface area contributed by atoms with Crippen LogP contribution >= 0.6 is 15.9 Å². The molecular formula is C12H13BrO2. The van der Waals surface area contributed by atoms with E-state index in [1.54, 1.807) is 0 Å². The smallest absolute Gasteiger partial charge is 0.145 e. The molecule has 2 rings (SSSR count). The van der Waals surface area contributed by atoms with Crippen LogP contribution in [-0.4, -0.2) is 11.9 Å². The first kappa shape index (κ1) is 10.7. The molecule has 3 heteroatoms. The number of carbonyl (C=O) groups is 1.